The molecule has 0 amide bonds. The van der Waals surface area contributed by atoms with Gasteiger partial charge in [0.2, 0.25) is 0 Å². The summed E-state index contributed by atoms with van der Waals surface area (Å²) in [6, 6.07) is 4.02. The predicted octanol–water partition coefficient (Wildman–Crippen LogP) is 1.81. The molecule has 0 bridgehead atoms. The van der Waals surface area contributed by atoms with Crippen LogP contribution in [0.5, 0.6) is 0 Å². The lowest BCUT2D eigenvalue weighted by molar-refractivity contribution is 0.630. The summed E-state index contributed by atoms with van der Waals surface area (Å²) in [6.07, 6.45) is 6.47. The van der Waals surface area contributed by atoms with Crippen molar-refractivity contribution in [3.63, 3.8) is 0 Å². The molecule has 2 unspecified atom stereocenters. The SMILES string of the molecule is CC(CCNCc1c[nH]c2ncccc12)S(C)=O. The number of nitrogens with one attached hydrogen (secondary N) is 2. The van der Waals surface area contributed by atoms with Crippen molar-refractivity contribution in [3.05, 3.63) is 30.1 Å². The molecule has 2 aromatic heterocycles. The minimum atomic E-state index is -0.729. The van der Waals surface area contributed by atoms with Crippen LogP contribution in [0.3, 0.4) is 0 Å². The molecule has 2 aromatic rings. The molecule has 0 saturated heterocycles. The van der Waals surface area contributed by atoms with Crippen LogP contribution in [-0.4, -0.2) is 32.2 Å². The highest BCUT2D eigenvalue weighted by molar-refractivity contribution is 7.84. The van der Waals surface area contributed by atoms with Crippen molar-refractivity contribution in [1.82, 2.24) is 15.3 Å². The van der Waals surface area contributed by atoms with E-state index in [1.54, 1.807) is 12.5 Å². The smallest absolute Gasteiger partial charge is 0.137 e. The molecule has 0 radical (unpaired) electrons. The van der Waals surface area contributed by atoms with Gasteiger partial charge in [-0.15, -0.1) is 0 Å². The maximum absolute atomic E-state index is 11.2. The van der Waals surface area contributed by atoms with Gasteiger partial charge in [-0.3, -0.25) is 4.21 Å². The molecule has 0 fully saturated rings. The van der Waals surface area contributed by atoms with Gasteiger partial charge in [-0.1, -0.05) is 6.92 Å². The van der Waals surface area contributed by atoms with E-state index >= 15 is 0 Å². The topological polar surface area (TPSA) is 57.8 Å². The monoisotopic (exact) mass is 265 g/mol. The Labute approximate surface area is 110 Å². The number of fused-ring (bicyclic) bond motifs is 1. The average Bonchev–Trinajstić information content (AvgIpc) is 2.77. The van der Waals surface area contributed by atoms with Gasteiger partial charge in [0.1, 0.15) is 5.65 Å². The Hall–Kier alpha value is -1.20. The van der Waals surface area contributed by atoms with Crippen LogP contribution in [-0.2, 0) is 17.3 Å². The number of nitrogens with zero attached hydrogens (tertiary/aromatic N) is 1. The van der Waals surface area contributed by atoms with E-state index in [0.717, 1.165) is 30.5 Å². The van der Waals surface area contributed by atoms with Gasteiger partial charge < -0.3 is 10.3 Å². The standard InChI is InChI=1S/C13H19N3OS/c1-10(18(2)17)5-7-14-8-11-9-16-13-12(11)4-3-6-15-13/h3-4,6,9-10,14H,5,7-8H2,1-2H3,(H,15,16). The quantitative estimate of drug-likeness (QED) is 0.783. The second kappa shape index (κ2) is 6.11. The summed E-state index contributed by atoms with van der Waals surface area (Å²) in [6.45, 7) is 3.72. The number of hydrogen-bond acceptors (Lipinski definition) is 3. The second-order valence-corrected chi connectivity index (χ2v) is 6.29. The maximum atomic E-state index is 11.2. The first-order valence-corrected chi connectivity index (χ1v) is 7.74. The highest BCUT2D eigenvalue weighted by Crippen LogP contribution is 2.15. The van der Waals surface area contributed by atoms with Crippen molar-refractivity contribution in [3.8, 4) is 0 Å². The molecule has 2 rings (SSSR count). The van der Waals surface area contributed by atoms with E-state index in [0.29, 0.717) is 0 Å². The Morgan fingerprint density at radius 3 is 3.17 bits per heavy atom. The van der Waals surface area contributed by atoms with Gasteiger partial charge in [0.05, 0.1) is 0 Å². The van der Waals surface area contributed by atoms with Crippen molar-refractivity contribution >= 4 is 21.8 Å². The molecular formula is C13H19N3OS. The van der Waals surface area contributed by atoms with Crippen LogP contribution in [0.2, 0.25) is 0 Å². The van der Waals surface area contributed by atoms with Crippen LogP contribution < -0.4 is 5.32 Å². The first-order valence-electron chi connectivity index (χ1n) is 6.12. The zero-order valence-electron chi connectivity index (χ0n) is 10.8. The van der Waals surface area contributed by atoms with E-state index in [1.165, 1.54) is 5.56 Å². The molecule has 0 spiro atoms. The van der Waals surface area contributed by atoms with Crippen molar-refractivity contribution in [2.24, 2.45) is 0 Å². The lowest BCUT2D eigenvalue weighted by Crippen LogP contribution is -2.20. The van der Waals surface area contributed by atoms with Gasteiger partial charge >= 0.3 is 0 Å². The van der Waals surface area contributed by atoms with E-state index in [-0.39, 0.29) is 5.25 Å². The van der Waals surface area contributed by atoms with Crippen LogP contribution in [0.25, 0.3) is 11.0 Å². The van der Waals surface area contributed by atoms with Gasteiger partial charge in [-0.2, -0.15) is 0 Å². The minimum absolute atomic E-state index is 0.252. The van der Waals surface area contributed by atoms with Crippen molar-refractivity contribution < 1.29 is 4.21 Å². The molecule has 2 N–H and O–H groups in total. The first kappa shape index (κ1) is 13.2. The average molecular weight is 265 g/mol. The molecule has 2 atom stereocenters. The maximum Gasteiger partial charge on any atom is 0.137 e. The van der Waals surface area contributed by atoms with Crippen LogP contribution in [0.15, 0.2) is 24.5 Å². The van der Waals surface area contributed by atoms with E-state index in [4.69, 9.17) is 0 Å². The first-order chi connectivity index (χ1) is 8.68. The predicted molar refractivity (Wildman–Crippen MR) is 75.9 cm³/mol. The summed E-state index contributed by atoms with van der Waals surface area (Å²) in [7, 11) is -0.729. The number of aromatic nitrogens is 2. The Balaban J connectivity index is 1.85. The second-order valence-electron chi connectivity index (χ2n) is 4.49. The summed E-state index contributed by atoms with van der Waals surface area (Å²) in [5.74, 6) is 0. The highest BCUT2D eigenvalue weighted by Gasteiger charge is 2.06. The van der Waals surface area contributed by atoms with Gasteiger partial charge in [0, 0.05) is 46.6 Å². The molecule has 0 aliphatic heterocycles. The third-order valence-corrected chi connectivity index (χ3v) is 4.52. The number of pyridine rings is 1. The molecule has 4 nitrogen and oxygen atoms in total. The number of hydrogen-bond donors (Lipinski definition) is 2. The largest absolute Gasteiger partial charge is 0.346 e. The summed E-state index contributed by atoms with van der Waals surface area (Å²) >= 11 is 0. The molecular weight excluding hydrogens is 246 g/mol. The minimum Gasteiger partial charge on any atom is -0.346 e. The van der Waals surface area contributed by atoms with Gasteiger partial charge in [-0.05, 0) is 30.7 Å². The van der Waals surface area contributed by atoms with Gasteiger partial charge in [-0.25, -0.2) is 4.98 Å². The van der Waals surface area contributed by atoms with Crippen molar-refractivity contribution in [2.45, 2.75) is 25.1 Å². The van der Waals surface area contributed by atoms with Gasteiger partial charge in [0.15, 0.2) is 0 Å². The third kappa shape index (κ3) is 3.17. The van der Waals surface area contributed by atoms with E-state index < -0.39 is 10.8 Å². The molecule has 0 saturated carbocycles. The molecule has 98 valence electrons. The lowest BCUT2D eigenvalue weighted by Gasteiger charge is -2.08. The molecule has 0 aromatic carbocycles. The molecule has 5 heteroatoms. The van der Waals surface area contributed by atoms with Gasteiger partial charge in [0.25, 0.3) is 0 Å². The summed E-state index contributed by atoms with van der Waals surface area (Å²) in [4.78, 5) is 7.41. The third-order valence-electron chi connectivity index (χ3n) is 3.15. The van der Waals surface area contributed by atoms with E-state index in [2.05, 4.69) is 21.4 Å². The Morgan fingerprint density at radius 2 is 2.39 bits per heavy atom. The number of aromatic amines is 1. The summed E-state index contributed by atoms with van der Waals surface area (Å²) < 4.78 is 11.2. The fourth-order valence-corrected chi connectivity index (χ4v) is 2.30. The van der Waals surface area contributed by atoms with Crippen molar-refractivity contribution in [1.29, 1.82) is 0 Å². The zero-order chi connectivity index (χ0) is 13.0. The molecule has 0 aliphatic carbocycles. The lowest BCUT2D eigenvalue weighted by atomic mass is 10.2. The number of rotatable bonds is 6. The van der Waals surface area contributed by atoms with E-state index in [1.807, 2.05) is 19.2 Å². The molecule has 18 heavy (non-hydrogen) atoms. The van der Waals surface area contributed by atoms with E-state index in [9.17, 15) is 4.21 Å². The molecule has 2 heterocycles. The van der Waals surface area contributed by atoms with Crippen molar-refractivity contribution in [2.75, 3.05) is 12.8 Å². The highest BCUT2D eigenvalue weighted by atomic mass is 32.2. The van der Waals surface area contributed by atoms with Crippen LogP contribution >= 0.6 is 0 Å². The van der Waals surface area contributed by atoms with Crippen LogP contribution in [0.1, 0.15) is 18.9 Å². The normalized spacial score (nSPS) is 14.8. The summed E-state index contributed by atoms with van der Waals surface area (Å²) in [5, 5.41) is 4.80. The fourth-order valence-electron chi connectivity index (χ4n) is 1.85. The Bertz CT molecular complexity index is 538. The summed E-state index contributed by atoms with van der Waals surface area (Å²) in [5.41, 5.74) is 2.15. The fraction of sp³-hybridized carbons (Fsp3) is 0.462. The van der Waals surface area contributed by atoms with Crippen LogP contribution in [0.4, 0.5) is 0 Å². The Morgan fingerprint density at radius 1 is 1.56 bits per heavy atom. The Kier molecular flexibility index (Phi) is 4.49. The molecule has 0 aliphatic rings. The zero-order valence-corrected chi connectivity index (χ0v) is 11.6. The van der Waals surface area contributed by atoms with Crippen LogP contribution in [0, 0.1) is 0 Å². The number of H-pyrrole nitrogens is 1.